The Hall–Kier alpha value is -1.83. The van der Waals surface area contributed by atoms with Crippen molar-refractivity contribution in [2.45, 2.75) is 6.92 Å². The number of anilines is 1. The third-order valence-corrected chi connectivity index (χ3v) is 2.87. The second-order valence-electron chi connectivity index (χ2n) is 3.71. The van der Waals surface area contributed by atoms with E-state index in [-0.39, 0.29) is 10.4 Å². The lowest BCUT2D eigenvalue weighted by molar-refractivity contribution is 0.488. The monoisotopic (exact) mass is 332 g/mol. The minimum absolute atomic E-state index is 0.0622. The molecule has 0 atom stereocenters. The summed E-state index contributed by atoms with van der Waals surface area (Å²) in [5, 5.41) is 3.73. The van der Waals surface area contributed by atoms with Crippen molar-refractivity contribution < 1.29 is 13.2 Å². The zero-order chi connectivity index (χ0) is 14.2. The van der Waals surface area contributed by atoms with E-state index < -0.39 is 23.0 Å². The van der Waals surface area contributed by atoms with Crippen LogP contribution in [0.3, 0.4) is 0 Å². The summed E-state index contributed by atoms with van der Waals surface area (Å²) in [6.45, 7) is 1.68. The first kappa shape index (κ1) is 13.6. The van der Waals surface area contributed by atoms with Crippen LogP contribution in [-0.4, -0.2) is 15.9 Å². The SMILES string of the molecule is Cc1cn(N=Cc2c(F)cc(Br)c(F)c2F)c(N)n1. The zero-order valence-electron chi connectivity index (χ0n) is 9.66. The van der Waals surface area contributed by atoms with Crippen LogP contribution in [0.1, 0.15) is 11.3 Å². The molecule has 1 heterocycles. The van der Waals surface area contributed by atoms with Gasteiger partial charge in [0.1, 0.15) is 5.82 Å². The van der Waals surface area contributed by atoms with Crippen LogP contribution in [0.4, 0.5) is 19.1 Å². The molecule has 0 aliphatic carbocycles. The highest BCUT2D eigenvalue weighted by molar-refractivity contribution is 9.10. The number of benzene rings is 1. The molecule has 0 unspecified atom stereocenters. The van der Waals surface area contributed by atoms with E-state index in [1.807, 2.05) is 0 Å². The van der Waals surface area contributed by atoms with Crippen LogP contribution in [0.2, 0.25) is 0 Å². The first-order chi connectivity index (χ1) is 8.90. The molecule has 0 radical (unpaired) electrons. The number of hydrogen-bond donors (Lipinski definition) is 1. The van der Waals surface area contributed by atoms with Crippen LogP contribution in [-0.2, 0) is 0 Å². The van der Waals surface area contributed by atoms with Crippen molar-refractivity contribution in [3.8, 4) is 0 Å². The van der Waals surface area contributed by atoms with Crippen molar-refractivity contribution in [1.29, 1.82) is 0 Å². The van der Waals surface area contributed by atoms with E-state index in [0.29, 0.717) is 5.69 Å². The van der Waals surface area contributed by atoms with Crippen molar-refractivity contribution in [3.05, 3.63) is 45.4 Å². The summed E-state index contributed by atoms with van der Waals surface area (Å²) in [4.78, 5) is 3.86. The molecule has 8 heteroatoms. The van der Waals surface area contributed by atoms with E-state index in [4.69, 9.17) is 5.73 Å². The van der Waals surface area contributed by atoms with Crippen molar-refractivity contribution in [1.82, 2.24) is 9.66 Å². The Morgan fingerprint density at radius 2 is 2.05 bits per heavy atom. The van der Waals surface area contributed by atoms with E-state index in [2.05, 4.69) is 26.0 Å². The van der Waals surface area contributed by atoms with Gasteiger partial charge in [-0.15, -0.1) is 0 Å². The summed E-state index contributed by atoms with van der Waals surface area (Å²) in [5.74, 6) is -3.39. The van der Waals surface area contributed by atoms with Crippen molar-refractivity contribution >= 4 is 28.1 Å². The second-order valence-corrected chi connectivity index (χ2v) is 4.57. The normalized spacial score (nSPS) is 11.4. The molecule has 0 saturated heterocycles. The fraction of sp³-hybridized carbons (Fsp3) is 0.0909. The summed E-state index contributed by atoms with van der Waals surface area (Å²) in [7, 11) is 0. The fourth-order valence-electron chi connectivity index (χ4n) is 1.41. The standard InChI is InChI=1S/C11H8BrF3N4/c1-5-4-19(11(16)18-5)17-3-6-8(13)2-7(12)10(15)9(6)14/h2-4H,1H3,(H2,16,18). The molecule has 4 nitrogen and oxygen atoms in total. The van der Waals surface area contributed by atoms with Gasteiger partial charge in [0.2, 0.25) is 5.95 Å². The summed E-state index contributed by atoms with van der Waals surface area (Å²) < 4.78 is 41.2. The molecule has 1 aromatic heterocycles. The minimum atomic E-state index is -1.33. The quantitative estimate of drug-likeness (QED) is 0.522. The number of halogens is 4. The number of nitrogens with two attached hydrogens (primary N) is 1. The first-order valence-electron chi connectivity index (χ1n) is 5.09. The van der Waals surface area contributed by atoms with Gasteiger partial charge in [-0.1, -0.05) is 0 Å². The summed E-state index contributed by atoms with van der Waals surface area (Å²) in [5.41, 5.74) is 5.51. The molecule has 0 aliphatic rings. The van der Waals surface area contributed by atoms with Crippen LogP contribution >= 0.6 is 15.9 Å². The molecule has 0 aliphatic heterocycles. The second kappa shape index (κ2) is 5.04. The van der Waals surface area contributed by atoms with Crippen LogP contribution in [0.5, 0.6) is 0 Å². The molecule has 100 valence electrons. The Morgan fingerprint density at radius 3 is 2.63 bits per heavy atom. The Kier molecular flexibility index (Phi) is 3.61. The Bertz CT molecular complexity index is 666. The molecule has 19 heavy (non-hydrogen) atoms. The van der Waals surface area contributed by atoms with E-state index in [9.17, 15) is 13.2 Å². The molecular weight excluding hydrogens is 325 g/mol. The van der Waals surface area contributed by atoms with Gasteiger partial charge in [0.25, 0.3) is 0 Å². The highest BCUT2D eigenvalue weighted by Crippen LogP contribution is 2.23. The minimum Gasteiger partial charge on any atom is -0.368 e. The Balaban J connectivity index is 2.44. The van der Waals surface area contributed by atoms with Crippen molar-refractivity contribution in [2.24, 2.45) is 5.10 Å². The third-order valence-electron chi connectivity index (χ3n) is 2.30. The van der Waals surface area contributed by atoms with Gasteiger partial charge < -0.3 is 5.73 Å². The number of nitrogens with zero attached hydrogens (tertiary/aromatic N) is 3. The maximum Gasteiger partial charge on any atom is 0.221 e. The average molecular weight is 333 g/mol. The van der Waals surface area contributed by atoms with Crippen LogP contribution < -0.4 is 5.73 Å². The maximum absolute atomic E-state index is 13.5. The molecule has 2 rings (SSSR count). The number of aryl methyl sites for hydroxylation is 1. The molecule has 0 fully saturated rings. The number of imidazole rings is 1. The smallest absolute Gasteiger partial charge is 0.221 e. The predicted octanol–water partition coefficient (Wildman–Crippen LogP) is 2.84. The first-order valence-corrected chi connectivity index (χ1v) is 5.88. The lowest BCUT2D eigenvalue weighted by Gasteiger charge is -2.02. The zero-order valence-corrected chi connectivity index (χ0v) is 11.2. The fourth-order valence-corrected chi connectivity index (χ4v) is 1.79. The number of aromatic nitrogens is 2. The van der Waals surface area contributed by atoms with Gasteiger partial charge in [-0.3, -0.25) is 0 Å². The van der Waals surface area contributed by atoms with Gasteiger partial charge in [-0.25, -0.2) is 22.8 Å². The lowest BCUT2D eigenvalue weighted by atomic mass is 10.2. The number of nitrogen functional groups attached to an aromatic ring is 1. The van der Waals surface area contributed by atoms with Crippen molar-refractivity contribution in [2.75, 3.05) is 5.73 Å². The Labute approximate surface area is 114 Å². The van der Waals surface area contributed by atoms with Gasteiger partial charge in [0.05, 0.1) is 28.1 Å². The van der Waals surface area contributed by atoms with Crippen LogP contribution in [0.15, 0.2) is 21.8 Å². The molecular formula is C11H8BrF3N4. The number of hydrogen-bond acceptors (Lipinski definition) is 3. The average Bonchev–Trinajstić information content (AvgIpc) is 2.65. The van der Waals surface area contributed by atoms with Gasteiger partial charge in [0.15, 0.2) is 11.6 Å². The van der Waals surface area contributed by atoms with Gasteiger partial charge >= 0.3 is 0 Å². The summed E-state index contributed by atoms with van der Waals surface area (Å²) in [6, 6.07) is 0.822. The molecule has 0 spiro atoms. The molecule has 0 amide bonds. The largest absolute Gasteiger partial charge is 0.368 e. The third kappa shape index (κ3) is 2.62. The van der Waals surface area contributed by atoms with Gasteiger partial charge in [-0.2, -0.15) is 5.10 Å². The maximum atomic E-state index is 13.5. The molecule has 0 bridgehead atoms. The van der Waals surface area contributed by atoms with E-state index in [1.165, 1.54) is 6.20 Å². The van der Waals surface area contributed by atoms with E-state index in [0.717, 1.165) is 17.0 Å². The molecule has 1 aromatic carbocycles. The Morgan fingerprint density at radius 1 is 1.37 bits per heavy atom. The van der Waals surface area contributed by atoms with Gasteiger partial charge in [0, 0.05) is 0 Å². The van der Waals surface area contributed by atoms with E-state index >= 15 is 0 Å². The molecule has 2 aromatic rings. The lowest BCUT2D eigenvalue weighted by Crippen LogP contribution is -2.02. The van der Waals surface area contributed by atoms with E-state index in [1.54, 1.807) is 6.92 Å². The topological polar surface area (TPSA) is 56.2 Å². The summed E-state index contributed by atoms with van der Waals surface area (Å²) in [6.07, 6.45) is 2.31. The number of rotatable bonds is 2. The van der Waals surface area contributed by atoms with Gasteiger partial charge in [-0.05, 0) is 28.9 Å². The van der Waals surface area contributed by atoms with Crippen LogP contribution in [0, 0.1) is 24.4 Å². The highest BCUT2D eigenvalue weighted by Gasteiger charge is 2.16. The molecule has 2 N–H and O–H groups in total. The predicted molar refractivity (Wildman–Crippen MR) is 68.4 cm³/mol. The van der Waals surface area contributed by atoms with Crippen LogP contribution in [0.25, 0.3) is 0 Å². The molecule has 0 saturated carbocycles. The van der Waals surface area contributed by atoms with Crippen molar-refractivity contribution in [3.63, 3.8) is 0 Å². The highest BCUT2D eigenvalue weighted by atomic mass is 79.9. The summed E-state index contributed by atoms with van der Waals surface area (Å²) >= 11 is 2.71.